The van der Waals surface area contributed by atoms with Gasteiger partial charge in [-0.05, 0) is 6.42 Å². The molecule has 1 unspecified atom stereocenters. The number of amides is 2. The van der Waals surface area contributed by atoms with E-state index in [0.29, 0.717) is 18.1 Å². The minimum atomic E-state index is -0.263. The molecule has 1 aromatic heterocycles. The van der Waals surface area contributed by atoms with Crippen molar-refractivity contribution >= 4 is 28.3 Å². The van der Waals surface area contributed by atoms with Crippen molar-refractivity contribution in [2.75, 3.05) is 18.9 Å². The summed E-state index contributed by atoms with van der Waals surface area (Å²) in [6.45, 7) is 6.78. The van der Waals surface area contributed by atoms with Crippen LogP contribution in [0, 0.1) is 5.92 Å². The summed E-state index contributed by atoms with van der Waals surface area (Å²) in [6.07, 6.45) is 0.965. The number of nitrogens with one attached hydrogen (secondary N) is 1. The lowest BCUT2D eigenvalue weighted by molar-refractivity contribution is -0.137. The van der Waals surface area contributed by atoms with Crippen molar-refractivity contribution < 1.29 is 9.59 Å². The highest BCUT2D eigenvalue weighted by molar-refractivity contribution is 7.15. The lowest BCUT2D eigenvalue weighted by Gasteiger charge is -2.27. The number of anilines is 1. The van der Waals surface area contributed by atoms with Crippen molar-refractivity contribution in [3.05, 3.63) is 5.01 Å². The van der Waals surface area contributed by atoms with Crippen molar-refractivity contribution in [2.45, 2.75) is 39.0 Å². The third-order valence-electron chi connectivity index (χ3n) is 3.33. The number of likely N-dealkylation sites (tertiary alicyclic amines) is 1. The number of piperidine rings is 1. The molecule has 1 aromatic rings. The maximum atomic E-state index is 12.1. The second-order valence-corrected chi connectivity index (χ2v) is 7.13. The van der Waals surface area contributed by atoms with E-state index in [0.717, 1.165) is 5.01 Å². The average molecular weight is 296 g/mol. The van der Waals surface area contributed by atoms with Gasteiger partial charge >= 0.3 is 0 Å². The summed E-state index contributed by atoms with van der Waals surface area (Å²) in [6, 6.07) is 0. The van der Waals surface area contributed by atoms with Crippen LogP contribution in [-0.2, 0) is 15.0 Å². The predicted octanol–water partition coefficient (Wildman–Crippen LogP) is 1.64. The summed E-state index contributed by atoms with van der Waals surface area (Å²) >= 11 is 1.38. The molecule has 7 heteroatoms. The Balaban J connectivity index is 1.98. The number of carbonyl (C=O) groups is 2. The van der Waals surface area contributed by atoms with Crippen LogP contribution in [0.5, 0.6) is 0 Å². The van der Waals surface area contributed by atoms with Crippen molar-refractivity contribution in [1.82, 2.24) is 15.1 Å². The van der Waals surface area contributed by atoms with Gasteiger partial charge in [-0.1, -0.05) is 32.1 Å². The first-order valence-electron chi connectivity index (χ1n) is 6.66. The number of nitrogens with zero attached hydrogens (tertiary/aromatic N) is 3. The smallest absolute Gasteiger partial charge is 0.229 e. The van der Waals surface area contributed by atoms with Gasteiger partial charge in [-0.15, -0.1) is 10.2 Å². The van der Waals surface area contributed by atoms with E-state index in [-0.39, 0.29) is 29.6 Å². The second-order valence-electron chi connectivity index (χ2n) is 6.16. The molecule has 0 radical (unpaired) electrons. The van der Waals surface area contributed by atoms with Gasteiger partial charge in [-0.3, -0.25) is 9.59 Å². The molecule has 1 saturated heterocycles. The van der Waals surface area contributed by atoms with Gasteiger partial charge in [0.25, 0.3) is 0 Å². The minimum absolute atomic E-state index is 0.0176. The number of rotatable bonds is 2. The van der Waals surface area contributed by atoms with Crippen LogP contribution >= 0.6 is 11.3 Å². The third kappa shape index (κ3) is 3.33. The molecule has 1 fully saturated rings. The molecule has 0 bridgehead atoms. The Hall–Kier alpha value is -1.50. The van der Waals surface area contributed by atoms with Gasteiger partial charge in [-0.2, -0.15) is 0 Å². The molecular formula is C13H20N4O2S. The van der Waals surface area contributed by atoms with Crippen LogP contribution in [0.15, 0.2) is 0 Å². The highest BCUT2D eigenvalue weighted by Gasteiger charge is 2.29. The van der Waals surface area contributed by atoms with Gasteiger partial charge in [0.1, 0.15) is 5.01 Å². The quantitative estimate of drug-likeness (QED) is 0.900. The van der Waals surface area contributed by atoms with E-state index in [1.54, 1.807) is 11.9 Å². The topological polar surface area (TPSA) is 75.2 Å². The Morgan fingerprint density at radius 3 is 2.65 bits per heavy atom. The zero-order chi connectivity index (χ0) is 14.9. The highest BCUT2D eigenvalue weighted by Crippen LogP contribution is 2.28. The van der Waals surface area contributed by atoms with Gasteiger partial charge in [-0.25, -0.2) is 0 Å². The molecular weight excluding hydrogens is 276 g/mol. The fraction of sp³-hybridized carbons (Fsp3) is 0.692. The molecule has 0 spiro atoms. The summed E-state index contributed by atoms with van der Waals surface area (Å²) in [5, 5.41) is 12.2. The third-order valence-corrected chi connectivity index (χ3v) is 4.59. The van der Waals surface area contributed by atoms with Crippen molar-refractivity contribution in [2.24, 2.45) is 5.92 Å². The second kappa shape index (κ2) is 5.47. The Labute approximate surface area is 122 Å². The normalized spacial score (nSPS) is 20.1. The molecule has 20 heavy (non-hydrogen) atoms. The first-order valence-corrected chi connectivity index (χ1v) is 7.48. The van der Waals surface area contributed by atoms with E-state index < -0.39 is 0 Å². The Morgan fingerprint density at radius 2 is 2.10 bits per heavy atom. The maximum absolute atomic E-state index is 12.1. The zero-order valence-electron chi connectivity index (χ0n) is 12.3. The molecule has 0 aliphatic carbocycles. The van der Waals surface area contributed by atoms with Gasteiger partial charge in [0.15, 0.2) is 0 Å². The monoisotopic (exact) mass is 296 g/mol. The summed E-state index contributed by atoms with van der Waals surface area (Å²) < 4.78 is 0. The maximum Gasteiger partial charge on any atom is 0.229 e. The van der Waals surface area contributed by atoms with Crippen LogP contribution in [-0.4, -0.2) is 40.5 Å². The number of hydrogen-bond acceptors (Lipinski definition) is 5. The van der Waals surface area contributed by atoms with E-state index in [9.17, 15) is 9.59 Å². The van der Waals surface area contributed by atoms with Gasteiger partial charge in [0.05, 0.1) is 0 Å². The predicted molar refractivity (Wildman–Crippen MR) is 77.6 cm³/mol. The van der Waals surface area contributed by atoms with E-state index in [1.807, 2.05) is 0 Å². The molecule has 2 heterocycles. The molecule has 2 rings (SSSR count). The Morgan fingerprint density at radius 1 is 1.40 bits per heavy atom. The Bertz CT molecular complexity index is 521. The van der Waals surface area contributed by atoms with Gasteiger partial charge in [0, 0.05) is 31.3 Å². The number of aromatic nitrogens is 2. The van der Waals surface area contributed by atoms with Crippen LogP contribution in [0.4, 0.5) is 5.13 Å². The molecule has 6 nitrogen and oxygen atoms in total. The van der Waals surface area contributed by atoms with Crippen molar-refractivity contribution in [3.63, 3.8) is 0 Å². The summed E-state index contributed by atoms with van der Waals surface area (Å²) in [7, 11) is 1.76. The van der Waals surface area contributed by atoms with Crippen LogP contribution in [0.2, 0.25) is 0 Å². The van der Waals surface area contributed by atoms with E-state index in [2.05, 4.69) is 36.3 Å². The molecule has 1 N–H and O–H groups in total. The van der Waals surface area contributed by atoms with Crippen molar-refractivity contribution in [1.29, 1.82) is 0 Å². The van der Waals surface area contributed by atoms with Gasteiger partial charge in [0.2, 0.25) is 16.9 Å². The SMILES string of the molecule is CN1CCC(C(=O)Nc2nnc(C(C)(C)C)s2)CC1=O. The van der Waals surface area contributed by atoms with Crippen LogP contribution in [0.1, 0.15) is 38.6 Å². The van der Waals surface area contributed by atoms with E-state index >= 15 is 0 Å². The first kappa shape index (κ1) is 14.9. The molecule has 2 amide bonds. The summed E-state index contributed by atoms with van der Waals surface area (Å²) in [5.74, 6) is -0.382. The molecule has 1 atom stereocenters. The summed E-state index contributed by atoms with van der Waals surface area (Å²) in [5.41, 5.74) is -0.0792. The van der Waals surface area contributed by atoms with Crippen molar-refractivity contribution in [3.8, 4) is 0 Å². The highest BCUT2D eigenvalue weighted by atomic mass is 32.1. The molecule has 0 saturated carbocycles. The number of carbonyl (C=O) groups excluding carboxylic acids is 2. The Kier molecular flexibility index (Phi) is 4.08. The summed E-state index contributed by atoms with van der Waals surface area (Å²) in [4.78, 5) is 25.4. The van der Waals surface area contributed by atoms with E-state index in [4.69, 9.17) is 0 Å². The lowest BCUT2D eigenvalue weighted by Crippen LogP contribution is -2.39. The minimum Gasteiger partial charge on any atom is -0.346 e. The molecule has 110 valence electrons. The molecule has 0 aromatic carbocycles. The lowest BCUT2D eigenvalue weighted by atomic mass is 9.96. The zero-order valence-corrected chi connectivity index (χ0v) is 13.1. The standard InChI is InChI=1S/C13H20N4O2S/c1-13(2,3)11-15-16-12(20-11)14-10(19)8-5-6-17(4)9(18)7-8/h8H,5-7H2,1-4H3,(H,14,16,19). The van der Waals surface area contributed by atoms with Crippen LogP contribution < -0.4 is 5.32 Å². The van der Waals surface area contributed by atoms with Crippen LogP contribution in [0.25, 0.3) is 0 Å². The largest absolute Gasteiger partial charge is 0.346 e. The van der Waals surface area contributed by atoms with Crippen LogP contribution in [0.3, 0.4) is 0 Å². The first-order chi connectivity index (χ1) is 9.27. The average Bonchev–Trinajstić information content (AvgIpc) is 2.81. The molecule has 1 aliphatic rings. The fourth-order valence-electron chi connectivity index (χ4n) is 1.95. The van der Waals surface area contributed by atoms with Gasteiger partial charge < -0.3 is 10.2 Å². The fourth-order valence-corrected chi connectivity index (χ4v) is 2.76. The van der Waals surface area contributed by atoms with E-state index in [1.165, 1.54) is 11.3 Å². The molecule has 1 aliphatic heterocycles. The number of hydrogen-bond donors (Lipinski definition) is 1.